The van der Waals surface area contributed by atoms with E-state index in [1.54, 1.807) is 0 Å². The maximum atomic E-state index is 5.40. The maximum Gasteiger partial charge on any atom is 0.238 e. The molecule has 0 amide bonds. The van der Waals surface area contributed by atoms with Crippen molar-refractivity contribution in [1.82, 2.24) is 19.5 Å². The summed E-state index contributed by atoms with van der Waals surface area (Å²) in [5.41, 5.74) is 9.83. The minimum atomic E-state index is 0. The molecule has 0 unspecified atom stereocenters. The molecule has 50 heavy (non-hydrogen) atoms. The van der Waals surface area contributed by atoms with Crippen molar-refractivity contribution < 1.29 is 32.7 Å². The molecular weight excluding hydrogens is 685 g/mol. The van der Waals surface area contributed by atoms with Gasteiger partial charge in [-0.1, -0.05) is 150 Å². The Balaban J connectivity index is 0.00000361. The Morgan fingerprint density at radius 3 is 1.60 bits per heavy atom. The number of nitrogens with zero attached hydrogens (tertiary/aromatic N) is 4. The predicted octanol–water partition coefficient (Wildman–Crippen LogP) is 10.9. The van der Waals surface area contributed by atoms with E-state index < -0.39 is 0 Å². The van der Waals surface area contributed by atoms with Crippen LogP contribution in [0.15, 0.2) is 170 Å². The monoisotopic (exact) mass is 713 g/mol. The van der Waals surface area contributed by atoms with Crippen LogP contribution in [0.5, 0.6) is 0 Å². The minimum Gasteiger partial charge on any atom is -0.278 e. The molecule has 0 aliphatic rings. The smallest absolute Gasteiger partial charge is 0.238 e. The zero-order valence-electron chi connectivity index (χ0n) is 27.0. The number of aromatic nitrogens is 4. The van der Waals surface area contributed by atoms with Gasteiger partial charge in [-0.15, -0.1) is 17.7 Å². The van der Waals surface area contributed by atoms with Crippen molar-refractivity contribution in [2.75, 3.05) is 0 Å². The molecule has 5 heteroatoms. The Morgan fingerprint density at radius 2 is 0.980 bits per heavy atom. The number of hydrogen-bond donors (Lipinski definition) is 0. The van der Waals surface area contributed by atoms with E-state index in [1.807, 2.05) is 60.7 Å². The van der Waals surface area contributed by atoms with Crippen molar-refractivity contribution in [3.8, 4) is 62.1 Å². The van der Waals surface area contributed by atoms with Gasteiger partial charge in [0.25, 0.3) is 0 Å². The van der Waals surface area contributed by atoms with Gasteiger partial charge in [0.15, 0.2) is 5.82 Å². The minimum absolute atomic E-state index is 0. The number of fused-ring (bicyclic) bond motifs is 3. The molecule has 9 aromatic rings. The number of hydrogen-bond acceptors (Lipinski definition) is 3. The van der Waals surface area contributed by atoms with Crippen LogP contribution in [0.25, 0.3) is 83.9 Å². The molecule has 0 saturated heterocycles. The Kier molecular flexibility index (Phi) is 8.72. The Morgan fingerprint density at radius 1 is 0.440 bits per heavy atom. The van der Waals surface area contributed by atoms with Crippen molar-refractivity contribution >= 4 is 21.8 Å². The molecular formula is C45H28N4Y-2. The molecule has 9 rings (SSSR count). The van der Waals surface area contributed by atoms with Crippen LogP contribution < -0.4 is 0 Å². The molecule has 0 spiro atoms. The van der Waals surface area contributed by atoms with E-state index >= 15 is 0 Å². The van der Waals surface area contributed by atoms with Crippen molar-refractivity contribution in [3.63, 3.8) is 0 Å². The summed E-state index contributed by atoms with van der Waals surface area (Å²) in [5.74, 6) is 1.73. The molecule has 7 aromatic carbocycles. The Labute approximate surface area is 316 Å². The van der Waals surface area contributed by atoms with Gasteiger partial charge in [0, 0.05) is 49.0 Å². The first-order chi connectivity index (χ1) is 24.3. The third-order valence-electron chi connectivity index (χ3n) is 8.92. The fraction of sp³-hybridized carbons (Fsp3) is 0. The first kappa shape index (κ1) is 31.7. The number of benzene rings is 7. The molecule has 0 aliphatic carbocycles. The van der Waals surface area contributed by atoms with Gasteiger partial charge in [-0.05, 0) is 12.1 Å². The average Bonchev–Trinajstić information content (AvgIpc) is 3.53. The van der Waals surface area contributed by atoms with Crippen molar-refractivity contribution in [2.45, 2.75) is 0 Å². The second-order valence-electron chi connectivity index (χ2n) is 11.9. The molecule has 0 bridgehead atoms. The van der Waals surface area contributed by atoms with Crippen LogP contribution in [0.4, 0.5) is 0 Å². The first-order valence-corrected chi connectivity index (χ1v) is 16.3. The van der Waals surface area contributed by atoms with E-state index in [0.717, 1.165) is 66.3 Å². The summed E-state index contributed by atoms with van der Waals surface area (Å²) in [6, 6.07) is 65.1. The van der Waals surface area contributed by atoms with E-state index in [2.05, 4.69) is 126 Å². The molecule has 233 valence electrons. The summed E-state index contributed by atoms with van der Waals surface area (Å²) in [7, 11) is 0. The molecule has 0 atom stereocenters. The third kappa shape index (κ3) is 5.67. The van der Waals surface area contributed by atoms with Gasteiger partial charge >= 0.3 is 0 Å². The van der Waals surface area contributed by atoms with E-state index in [4.69, 9.17) is 15.0 Å². The summed E-state index contributed by atoms with van der Waals surface area (Å²) in [6.07, 6.45) is 0. The molecule has 2 aromatic heterocycles. The van der Waals surface area contributed by atoms with Gasteiger partial charge in [-0.3, -0.25) is 4.57 Å². The van der Waals surface area contributed by atoms with Crippen LogP contribution in [0.2, 0.25) is 0 Å². The zero-order valence-corrected chi connectivity index (χ0v) is 29.9. The largest absolute Gasteiger partial charge is 0.278 e. The topological polar surface area (TPSA) is 43.6 Å². The van der Waals surface area contributed by atoms with Crippen LogP contribution in [0.3, 0.4) is 0 Å². The van der Waals surface area contributed by atoms with Crippen LogP contribution in [-0.2, 0) is 32.7 Å². The zero-order chi connectivity index (χ0) is 32.6. The predicted molar refractivity (Wildman–Crippen MR) is 199 cm³/mol. The Bertz CT molecular complexity index is 2530. The van der Waals surface area contributed by atoms with Crippen LogP contribution in [-0.4, -0.2) is 19.5 Å². The summed E-state index contributed by atoms with van der Waals surface area (Å²) in [5, 5.41) is 2.29. The molecule has 2 heterocycles. The van der Waals surface area contributed by atoms with Crippen molar-refractivity contribution in [1.29, 1.82) is 0 Å². The van der Waals surface area contributed by atoms with Crippen molar-refractivity contribution in [2.24, 2.45) is 0 Å². The second-order valence-corrected chi connectivity index (χ2v) is 11.9. The third-order valence-corrected chi connectivity index (χ3v) is 8.92. The second kappa shape index (κ2) is 13.8. The molecule has 4 nitrogen and oxygen atoms in total. The summed E-state index contributed by atoms with van der Waals surface area (Å²) < 4.78 is 2.16. The van der Waals surface area contributed by atoms with E-state index in [1.165, 1.54) is 0 Å². The Hall–Kier alpha value is -5.55. The van der Waals surface area contributed by atoms with Gasteiger partial charge in [-0.25, -0.2) is 16.1 Å². The fourth-order valence-corrected chi connectivity index (χ4v) is 6.71. The van der Waals surface area contributed by atoms with E-state index in [0.29, 0.717) is 17.6 Å². The quantitative estimate of drug-likeness (QED) is 0.161. The molecule has 0 aliphatic heterocycles. The normalized spacial score (nSPS) is 11.0. The van der Waals surface area contributed by atoms with Gasteiger partial charge in [0.05, 0.1) is 11.0 Å². The van der Waals surface area contributed by atoms with Crippen molar-refractivity contribution in [3.05, 3.63) is 182 Å². The molecule has 1 radical (unpaired) electrons. The number of rotatable bonds is 6. The van der Waals surface area contributed by atoms with Crippen LogP contribution in [0.1, 0.15) is 0 Å². The SMILES string of the molecule is [Y].[c-]1ccccc1-c1[c-]cc(-c2ccccc2)c(-c2nc(-c3ccccc3)nc(-n3c4ccccc4c4ccccc43)n2)c1-c1ccccc1. The van der Waals surface area contributed by atoms with Gasteiger partial charge in [0.1, 0.15) is 5.82 Å². The van der Waals surface area contributed by atoms with Gasteiger partial charge < -0.3 is 0 Å². The molecule has 0 N–H and O–H groups in total. The van der Waals surface area contributed by atoms with Gasteiger partial charge in [0.2, 0.25) is 5.95 Å². The maximum absolute atomic E-state index is 5.40. The molecule has 0 fully saturated rings. The fourth-order valence-electron chi connectivity index (χ4n) is 6.71. The average molecular weight is 714 g/mol. The summed E-state index contributed by atoms with van der Waals surface area (Å²) in [6.45, 7) is 0. The van der Waals surface area contributed by atoms with Crippen LogP contribution >= 0.6 is 0 Å². The molecule has 0 saturated carbocycles. The standard InChI is InChI=1S/C45H28N4.Y/c1-5-17-31(18-6-1)35-29-30-36(32-19-7-2-8-20-32)42(41(35)33-21-9-3-10-22-33)44-46-43(34-23-11-4-12-24-34)47-45(48-44)49-39-27-15-13-25-37(39)38-26-14-16-28-40(38)49;/h1-17,19-28,30H;/q-2;. The summed E-state index contributed by atoms with van der Waals surface area (Å²) in [4.78, 5) is 15.9. The van der Waals surface area contributed by atoms with E-state index in [9.17, 15) is 0 Å². The van der Waals surface area contributed by atoms with E-state index in [-0.39, 0.29) is 32.7 Å². The summed E-state index contributed by atoms with van der Waals surface area (Å²) >= 11 is 0. The first-order valence-electron chi connectivity index (χ1n) is 16.3. The number of para-hydroxylation sites is 2. The van der Waals surface area contributed by atoms with Gasteiger partial charge in [-0.2, -0.15) is 40.3 Å². The van der Waals surface area contributed by atoms with Crippen LogP contribution in [0, 0.1) is 12.1 Å².